The molecule has 0 N–H and O–H groups in total. The van der Waals surface area contributed by atoms with Crippen LogP contribution in [0.3, 0.4) is 0 Å². The Balaban J connectivity index is 0.000000263. The van der Waals surface area contributed by atoms with Crippen LogP contribution in [0.2, 0.25) is 13.1 Å². The van der Waals surface area contributed by atoms with Crippen molar-refractivity contribution in [2.75, 3.05) is 0 Å². The maximum Gasteiger partial charge on any atom is -0.0809 e. The Morgan fingerprint density at radius 1 is 0.811 bits per heavy atom. The predicted octanol–water partition coefficient (Wildman–Crippen LogP) is 11.2. The van der Waals surface area contributed by atoms with E-state index in [9.17, 15) is 0 Å². The van der Waals surface area contributed by atoms with Crippen LogP contribution in [0.15, 0.2) is 97.1 Å². The molecule has 0 amide bonds. The molecule has 5 rings (SSSR count). The summed E-state index contributed by atoms with van der Waals surface area (Å²) in [5.41, 5.74) is 5.58. The zero-order valence-electron chi connectivity index (χ0n) is 22.5. The summed E-state index contributed by atoms with van der Waals surface area (Å²) in [6.45, 7) is 8.78. The van der Waals surface area contributed by atoms with E-state index in [1.165, 1.54) is 69.5 Å². The second-order valence-electron chi connectivity index (χ2n) is 8.91. The summed E-state index contributed by atoms with van der Waals surface area (Å²) < 4.78 is 0. The zero-order chi connectivity index (χ0) is 26.9. The minimum Gasteiger partial charge on any atom is -0.168 e. The van der Waals surface area contributed by atoms with Gasteiger partial charge in [0.1, 0.15) is 0 Å². The van der Waals surface area contributed by atoms with Crippen LogP contribution < -0.4 is 0 Å². The van der Waals surface area contributed by atoms with Crippen molar-refractivity contribution in [1.82, 2.24) is 0 Å². The molecule has 0 atom stereocenters. The van der Waals surface area contributed by atoms with Gasteiger partial charge < -0.3 is 0 Å². The fraction of sp³-hybridized carbons (Fsp3) is 0.273. The van der Waals surface area contributed by atoms with Crippen LogP contribution in [0.25, 0.3) is 32.7 Å². The Morgan fingerprint density at radius 2 is 1.49 bits per heavy atom. The molecule has 2 radical (unpaired) electrons. The third-order valence-electron chi connectivity index (χ3n) is 6.10. The third-order valence-corrected chi connectivity index (χ3v) is 6.10. The van der Waals surface area contributed by atoms with E-state index in [4.69, 9.17) is 17.0 Å². The molecular weight excluding hydrogens is 587 g/mol. The molecule has 0 heterocycles. The molecule has 37 heavy (non-hydrogen) atoms. The first-order valence-corrected chi connectivity index (χ1v) is 21.4. The minimum atomic E-state index is -0.826. The average Bonchev–Trinajstić information content (AvgIpc) is 3.57. The molecule has 0 unspecified atom stereocenters. The smallest absolute Gasteiger partial charge is 0.0809 e. The van der Waals surface area contributed by atoms with Gasteiger partial charge in [0.25, 0.3) is 0 Å². The first kappa shape index (κ1) is 31.8. The standard InChI is InChI=1S/C22H25.C9H7.C2H6Si.2ClH.Zr/c1-3-5-6-8-18-11-13-19(14-12-18)21-10-7-9-20-15-17(4-2)16-22(20)21;1-2-5-9-7-3-6-8(9)4-1;1-3-2;;;/h7,9-16H,3-6,8H2,1-2H3;1-7H;1-2H3;2*1H;/q2*-1;;;;+4/p-2. The second kappa shape index (κ2) is 18.8. The van der Waals surface area contributed by atoms with E-state index in [0.29, 0.717) is 0 Å². The number of hydrogen-bond acceptors (Lipinski definition) is 0. The van der Waals surface area contributed by atoms with E-state index >= 15 is 0 Å². The predicted molar refractivity (Wildman–Crippen MR) is 166 cm³/mol. The van der Waals surface area contributed by atoms with Gasteiger partial charge in [-0.3, -0.25) is 0 Å². The normalized spacial score (nSPS) is 9.89. The number of rotatable bonds is 6. The largest absolute Gasteiger partial charge is 0.168 e. The van der Waals surface area contributed by atoms with E-state index in [1.807, 2.05) is 0 Å². The monoisotopic (exact) mass is 622 g/mol. The average molecular weight is 625 g/mol. The summed E-state index contributed by atoms with van der Waals surface area (Å²) in [7, 11) is 11.0. The summed E-state index contributed by atoms with van der Waals surface area (Å²) in [6, 6.07) is 35.1. The number of benzene rings is 3. The molecule has 0 aliphatic carbocycles. The molecule has 0 spiro atoms. The molecule has 0 aliphatic rings. The Morgan fingerprint density at radius 3 is 2.14 bits per heavy atom. The molecule has 0 saturated heterocycles. The SMILES string of the molecule is CCCCCc1ccc(-c2cccc3[cH-]c(CC)cc23)cc1.C[Si]C.[Cl][Zr+2][Cl].c1ccc2[cH-]ccc2c1. The van der Waals surface area contributed by atoms with Gasteiger partial charge in [-0.1, -0.05) is 81.7 Å². The third kappa shape index (κ3) is 10.7. The van der Waals surface area contributed by atoms with E-state index in [1.54, 1.807) is 0 Å². The van der Waals surface area contributed by atoms with Crippen molar-refractivity contribution >= 4 is 48.1 Å². The Kier molecular flexibility index (Phi) is 16.1. The molecule has 0 fully saturated rings. The van der Waals surface area contributed by atoms with Gasteiger partial charge in [-0.2, -0.15) is 23.6 Å². The molecule has 0 saturated carbocycles. The number of fused-ring (bicyclic) bond motifs is 2. The molecule has 0 nitrogen and oxygen atoms in total. The molecule has 5 aromatic carbocycles. The van der Waals surface area contributed by atoms with Crippen molar-refractivity contribution in [3.63, 3.8) is 0 Å². The van der Waals surface area contributed by atoms with Gasteiger partial charge in [0.2, 0.25) is 0 Å². The number of unbranched alkanes of at least 4 members (excludes halogenated alkanes) is 2. The van der Waals surface area contributed by atoms with Gasteiger partial charge in [-0.05, 0) is 30.4 Å². The van der Waals surface area contributed by atoms with Gasteiger partial charge in [-0.15, -0.1) is 64.2 Å². The summed E-state index contributed by atoms with van der Waals surface area (Å²) in [5.74, 6) is 0. The van der Waals surface area contributed by atoms with Gasteiger partial charge >= 0.3 is 37.9 Å². The van der Waals surface area contributed by atoms with Crippen molar-refractivity contribution in [3.05, 3.63) is 108 Å². The molecular formula is C33H38Cl2SiZr. The fourth-order valence-electron chi connectivity index (χ4n) is 4.25. The maximum absolute atomic E-state index is 4.93. The Bertz CT molecular complexity index is 1240. The van der Waals surface area contributed by atoms with Crippen LogP contribution in [-0.2, 0) is 33.7 Å². The maximum atomic E-state index is 4.93. The number of aryl methyl sites for hydroxylation is 2. The second-order valence-corrected chi connectivity index (χ2v) is 13.6. The van der Waals surface area contributed by atoms with E-state index in [0.717, 1.165) is 15.9 Å². The quantitative estimate of drug-likeness (QED) is 0.100. The summed E-state index contributed by atoms with van der Waals surface area (Å²) in [4.78, 5) is 0. The van der Waals surface area contributed by atoms with Gasteiger partial charge in [0, 0.05) is 9.52 Å². The van der Waals surface area contributed by atoms with Crippen LogP contribution in [0.4, 0.5) is 0 Å². The summed E-state index contributed by atoms with van der Waals surface area (Å²) in [6.07, 6.45) is 6.22. The van der Waals surface area contributed by atoms with Gasteiger partial charge in [0.05, 0.1) is 0 Å². The molecule has 5 aromatic rings. The van der Waals surface area contributed by atoms with Crippen LogP contribution in [0, 0.1) is 0 Å². The molecule has 0 bridgehead atoms. The van der Waals surface area contributed by atoms with Gasteiger partial charge in [0.15, 0.2) is 0 Å². The molecule has 0 aromatic heterocycles. The zero-order valence-corrected chi connectivity index (χ0v) is 27.5. The van der Waals surface area contributed by atoms with Crippen LogP contribution in [-0.4, -0.2) is 9.52 Å². The first-order chi connectivity index (χ1) is 18.1. The number of halogens is 2. The van der Waals surface area contributed by atoms with Crippen molar-refractivity contribution in [2.45, 2.75) is 59.0 Å². The summed E-state index contributed by atoms with van der Waals surface area (Å²) >= 11 is -0.826. The van der Waals surface area contributed by atoms with E-state index in [-0.39, 0.29) is 0 Å². The Labute approximate surface area is 245 Å². The van der Waals surface area contributed by atoms with Crippen molar-refractivity contribution in [3.8, 4) is 11.1 Å². The topological polar surface area (TPSA) is 0 Å². The molecule has 192 valence electrons. The number of hydrogen-bond donors (Lipinski definition) is 0. The van der Waals surface area contributed by atoms with Crippen LogP contribution in [0.1, 0.15) is 44.2 Å². The molecule has 4 heteroatoms. The van der Waals surface area contributed by atoms with Crippen molar-refractivity contribution < 1.29 is 20.8 Å². The van der Waals surface area contributed by atoms with E-state index < -0.39 is 20.8 Å². The van der Waals surface area contributed by atoms with Crippen LogP contribution in [0.5, 0.6) is 0 Å². The molecule has 0 aliphatic heterocycles. The minimum absolute atomic E-state index is 0.826. The van der Waals surface area contributed by atoms with Crippen molar-refractivity contribution in [1.29, 1.82) is 0 Å². The first-order valence-electron chi connectivity index (χ1n) is 13.0. The van der Waals surface area contributed by atoms with Crippen molar-refractivity contribution in [2.24, 2.45) is 0 Å². The Hall–Kier alpha value is -1.44. The van der Waals surface area contributed by atoms with E-state index in [2.05, 4.69) is 124 Å². The van der Waals surface area contributed by atoms with Gasteiger partial charge in [-0.25, -0.2) is 0 Å². The fourth-order valence-corrected chi connectivity index (χ4v) is 4.25. The summed E-state index contributed by atoms with van der Waals surface area (Å²) in [5, 5.41) is 5.41. The van der Waals surface area contributed by atoms with Crippen LogP contribution >= 0.6 is 17.0 Å².